The molecule has 3 rings (SSSR count). The highest BCUT2D eigenvalue weighted by molar-refractivity contribution is 5.42. The molecule has 35 heavy (non-hydrogen) atoms. The highest BCUT2D eigenvalue weighted by Crippen LogP contribution is 2.28. The lowest BCUT2D eigenvalue weighted by molar-refractivity contribution is -0.0326. The second-order valence-corrected chi connectivity index (χ2v) is 9.07. The van der Waals surface area contributed by atoms with Crippen LogP contribution >= 0.6 is 0 Å². The molecule has 194 valence electrons. The minimum absolute atomic E-state index is 0.0742. The Morgan fingerprint density at radius 1 is 0.886 bits per heavy atom. The van der Waals surface area contributed by atoms with E-state index in [4.69, 9.17) is 23.7 Å². The van der Waals surface area contributed by atoms with Crippen molar-refractivity contribution < 1.29 is 28.8 Å². The van der Waals surface area contributed by atoms with Gasteiger partial charge >= 0.3 is 0 Å². The molecule has 0 saturated heterocycles. The summed E-state index contributed by atoms with van der Waals surface area (Å²) in [7, 11) is 4.99. The normalized spacial score (nSPS) is 19.7. The summed E-state index contributed by atoms with van der Waals surface area (Å²) in [6.45, 7) is 3.05. The van der Waals surface area contributed by atoms with Crippen molar-refractivity contribution >= 4 is 0 Å². The van der Waals surface area contributed by atoms with E-state index in [1.807, 2.05) is 42.5 Å². The quantitative estimate of drug-likeness (QED) is 0.388. The zero-order valence-electron chi connectivity index (χ0n) is 21.5. The molecular formula is C28H41NO6. The molecule has 1 saturated carbocycles. The molecule has 7 nitrogen and oxygen atoms in total. The Bertz CT molecular complexity index is 872. The monoisotopic (exact) mass is 487 g/mol. The summed E-state index contributed by atoms with van der Waals surface area (Å²) in [6.07, 6.45) is 4.79. The maximum Gasteiger partial charge on any atom is 0.176 e. The predicted octanol–water partition coefficient (Wildman–Crippen LogP) is 4.14. The van der Waals surface area contributed by atoms with Crippen molar-refractivity contribution in [3.8, 4) is 17.2 Å². The van der Waals surface area contributed by atoms with Crippen molar-refractivity contribution in [2.45, 2.75) is 69.9 Å². The second kappa shape index (κ2) is 14.3. The summed E-state index contributed by atoms with van der Waals surface area (Å²) in [6, 6.07) is 14.0. The van der Waals surface area contributed by atoms with Crippen LogP contribution in [0.5, 0.6) is 17.2 Å². The molecule has 0 spiro atoms. The number of rotatable bonds is 14. The van der Waals surface area contributed by atoms with Crippen molar-refractivity contribution in [3.05, 3.63) is 53.6 Å². The molecule has 2 aromatic rings. The van der Waals surface area contributed by atoms with E-state index in [1.165, 1.54) is 5.56 Å². The first-order chi connectivity index (χ1) is 17.0. The molecule has 1 aliphatic carbocycles. The van der Waals surface area contributed by atoms with Gasteiger partial charge in [-0.15, -0.1) is 0 Å². The molecule has 0 aliphatic heterocycles. The first-order valence-electron chi connectivity index (χ1n) is 12.5. The summed E-state index contributed by atoms with van der Waals surface area (Å²) in [4.78, 5) is 0. The van der Waals surface area contributed by atoms with Crippen molar-refractivity contribution in [2.75, 3.05) is 34.5 Å². The zero-order valence-corrected chi connectivity index (χ0v) is 21.5. The maximum atomic E-state index is 10.4. The molecule has 2 aromatic carbocycles. The molecule has 0 radical (unpaired) electrons. The summed E-state index contributed by atoms with van der Waals surface area (Å²) < 4.78 is 28.3. The molecule has 0 heterocycles. The van der Waals surface area contributed by atoms with Gasteiger partial charge in [0, 0.05) is 13.2 Å². The molecule has 2 N–H and O–H groups in total. The van der Waals surface area contributed by atoms with Crippen LogP contribution < -0.4 is 19.5 Å². The van der Waals surface area contributed by atoms with Crippen LogP contribution in [-0.4, -0.2) is 64.1 Å². The summed E-state index contributed by atoms with van der Waals surface area (Å²) in [5.74, 6) is 2.18. The summed E-state index contributed by atoms with van der Waals surface area (Å²) in [5.41, 5.74) is 2.33. The second-order valence-electron chi connectivity index (χ2n) is 9.07. The Labute approximate surface area is 209 Å². The Morgan fingerprint density at radius 3 is 2.26 bits per heavy atom. The Kier molecular flexibility index (Phi) is 11.1. The Hall–Kier alpha value is -2.32. The van der Waals surface area contributed by atoms with Crippen molar-refractivity contribution in [2.24, 2.45) is 0 Å². The minimum atomic E-state index is -0.669. The lowest BCUT2D eigenvalue weighted by Crippen LogP contribution is -2.53. The largest absolute Gasteiger partial charge is 0.493 e. The fourth-order valence-corrected chi connectivity index (χ4v) is 4.44. The van der Waals surface area contributed by atoms with Crippen LogP contribution in [0.4, 0.5) is 0 Å². The van der Waals surface area contributed by atoms with Gasteiger partial charge in [-0.05, 0) is 68.0 Å². The third-order valence-electron chi connectivity index (χ3n) is 6.47. The third kappa shape index (κ3) is 8.39. The van der Waals surface area contributed by atoms with Crippen molar-refractivity contribution in [1.82, 2.24) is 5.32 Å². The van der Waals surface area contributed by atoms with Crippen LogP contribution in [0.2, 0.25) is 0 Å². The van der Waals surface area contributed by atoms with Crippen LogP contribution in [0.3, 0.4) is 0 Å². The number of methoxy groups -OCH3 is 3. The van der Waals surface area contributed by atoms with E-state index in [1.54, 1.807) is 28.3 Å². The molecular weight excluding hydrogens is 446 g/mol. The van der Waals surface area contributed by atoms with E-state index in [0.717, 1.165) is 61.3 Å². The molecule has 1 fully saturated rings. The standard InChI is InChI=1S/C28H41NO6/c1-20(30)28(35-23-12-9-21(10-13-23)15-17-31-2)29-24-7-5-6-8-25(24)34-18-16-22-11-14-26(32-3)27(19-22)33-4/h9-14,19-20,24-25,28-30H,5-8,15-18H2,1-4H3/t20?,24-,25+,28?/m0/s1. The fraction of sp³-hybridized carbons (Fsp3) is 0.571. The molecule has 0 bridgehead atoms. The average Bonchev–Trinajstić information content (AvgIpc) is 2.88. The lowest BCUT2D eigenvalue weighted by Gasteiger charge is -2.36. The fourth-order valence-electron chi connectivity index (χ4n) is 4.44. The molecule has 0 aromatic heterocycles. The smallest absolute Gasteiger partial charge is 0.176 e. The van der Waals surface area contributed by atoms with Gasteiger partial charge in [0.2, 0.25) is 0 Å². The van der Waals surface area contributed by atoms with Crippen molar-refractivity contribution in [1.29, 1.82) is 0 Å². The van der Waals surface area contributed by atoms with Crippen LogP contribution in [0.25, 0.3) is 0 Å². The SMILES string of the molecule is COCCc1ccc(OC(N[C@H]2CCCC[C@H]2OCCc2ccc(OC)c(OC)c2)C(C)O)cc1. The number of nitrogens with one attached hydrogen (secondary N) is 1. The van der Waals surface area contributed by atoms with Gasteiger partial charge < -0.3 is 28.8 Å². The van der Waals surface area contributed by atoms with Crippen molar-refractivity contribution in [3.63, 3.8) is 0 Å². The van der Waals surface area contributed by atoms with Gasteiger partial charge in [-0.2, -0.15) is 0 Å². The first kappa shape index (κ1) is 27.3. The van der Waals surface area contributed by atoms with Gasteiger partial charge in [0.25, 0.3) is 0 Å². The number of aliphatic hydroxyl groups excluding tert-OH is 1. The minimum Gasteiger partial charge on any atom is -0.493 e. The highest BCUT2D eigenvalue weighted by atomic mass is 16.5. The average molecular weight is 488 g/mol. The predicted molar refractivity (Wildman–Crippen MR) is 137 cm³/mol. The summed E-state index contributed by atoms with van der Waals surface area (Å²) in [5, 5.41) is 13.9. The van der Waals surface area contributed by atoms with E-state index >= 15 is 0 Å². The maximum absolute atomic E-state index is 10.4. The van der Waals surface area contributed by atoms with E-state index < -0.39 is 12.3 Å². The summed E-state index contributed by atoms with van der Waals surface area (Å²) >= 11 is 0. The molecule has 4 atom stereocenters. The number of aliphatic hydroxyl groups is 1. The van der Waals surface area contributed by atoms with Crippen LogP contribution in [0, 0.1) is 0 Å². The van der Waals surface area contributed by atoms with E-state index in [-0.39, 0.29) is 12.1 Å². The number of ether oxygens (including phenoxy) is 5. The third-order valence-corrected chi connectivity index (χ3v) is 6.47. The van der Waals surface area contributed by atoms with E-state index in [2.05, 4.69) is 5.32 Å². The van der Waals surface area contributed by atoms with Crippen LogP contribution in [-0.2, 0) is 22.3 Å². The van der Waals surface area contributed by atoms with E-state index in [0.29, 0.717) is 13.2 Å². The van der Waals surface area contributed by atoms with Crippen LogP contribution in [0.15, 0.2) is 42.5 Å². The van der Waals surface area contributed by atoms with Gasteiger partial charge in [-0.25, -0.2) is 0 Å². The molecule has 1 aliphatic rings. The van der Waals surface area contributed by atoms with Crippen LogP contribution in [0.1, 0.15) is 43.7 Å². The first-order valence-corrected chi connectivity index (χ1v) is 12.5. The number of hydrogen-bond donors (Lipinski definition) is 2. The zero-order chi connectivity index (χ0) is 25.0. The molecule has 0 amide bonds. The number of hydrogen-bond acceptors (Lipinski definition) is 7. The van der Waals surface area contributed by atoms with Gasteiger partial charge in [-0.1, -0.05) is 31.0 Å². The van der Waals surface area contributed by atoms with Gasteiger partial charge in [0.15, 0.2) is 17.7 Å². The van der Waals surface area contributed by atoms with Gasteiger partial charge in [0.05, 0.1) is 33.5 Å². The molecule has 2 unspecified atom stereocenters. The van der Waals surface area contributed by atoms with Gasteiger partial charge in [-0.3, -0.25) is 5.32 Å². The topological polar surface area (TPSA) is 78.4 Å². The Morgan fingerprint density at radius 2 is 1.57 bits per heavy atom. The molecule has 7 heteroatoms. The van der Waals surface area contributed by atoms with Gasteiger partial charge in [0.1, 0.15) is 11.9 Å². The Balaban J connectivity index is 1.55. The number of benzene rings is 2. The lowest BCUT2D eigenvalue weighted by atomic mass is 9.92. The highest BCUT2D eigenvalue weighted by Gasteiger charge is 2.30. The van der Waals surface area contributed by atoms with E-state index in [9.17, 15) is 5.11 Å².